The number of para-hydroxylation sites is 3. The van der Waals surface area contributed by atoms with Crippen LogP contribution in [-0.4, -0.2) is 63.1 Å². The molecule has 0 saturated carbocycles. The van der Waals surface area contributed by atoms with Gasteiger partial charge in [0.15, 0.2) is 0 Å². The van der Waals surface area contributed by atoms with Crippen molar-refractivity contribution in [3.05, 3.63) is 54.1 Å². The first kappa shape index (κ1) is 23.4. The van der Waals surface area contributed by atoms with Crippen molar-refractivity contribution in [1.82, 2.24) is 10.2 Å². The summed E-state index contributed by atoms with van der Waals surface area (Å²) >= 11 is 0. The van der Waals surface area contributed by atoms with Crippen LogP contribution in [-0.2, 0) is 15.8 Å². The normalized spacial score (nSPS) is 14.7. The Morgan fingerprint density at radius 2 is 1.62 bits per heavy atom. The third kappa shape index (κ3) is 5.91. The molecule has 0 aromatic heterocycles. The predicted molar refractivity (Wildman–Crippen MR) is 115 cm³/mol. The van der Waals surface area contributed by atoms with Crippen molar-refractivity contribution in [2.45, 2.75) is 6.18 Å². The summed E-state index contributed by atoms with van der Waals surface area (Å²) in [5, 5.41) is 4.50. The molecule has 1 saturated heterocycles. The predicted octanol–water partition coefficient (Wildman–Crippen LogP) is 2.59. The first-order chi connectivity index (χ1) is 15.3. The van der Waals surface area contributed by atoms with Crippen molar-refractivity contribution >= 4 is 23.2 Å². The molecule has 1 heterocycles. The van der Waals surface area contributed by atoms with E-state index in [4.69, 9.17) is 4.74 Å². The van der Waals surface area contributed by atoms with Gasteiger partial charge in [0.05, 0.1) is 24.0 Å². The summed E-state index contributed by atoms with van der Waals surface area (Å²) < 4.78 is 44.5. The molecule has 32 heavy (non-hydrogen) atoms. The van der Waals surface area contributed by atoms with Gasteiger partial charge in [0, 0.05) is 39.3 Å². The maximum atomic E-state index is 13.0. The van der Waals surface area contributed by atoms with E-state index in [0.29, 0.717) is 6.54 Å². The van der Waals surface area contributed by atoms with Crippen LogP contribution in [0.25, 0.3) is 0 Å². The Balaban J connectivity index is 1.43. The van der Waals surface area contributed by atoms with Gasteiger partial charge < -0.3 is 20.3 Å². The molecule has 2 N–H and O–H groups in total. The number of nitrogens with zero attached hydrogens (tertiary/aromatic N) is 2. The molecule has 1 aliphatic heterocycles. The van der Waals surface area contributed by atoms with E-state index in [9.17, 15) is 22.8 Å². The highest BCUT2D eigenvalue weighted by Gasteiger charge is 2.34. The smallest absolute Gasteiger partial charge is 0.418 e. The highest BCUT2D eigenvalue weighted by atomic mass is 19.4. The average molecular weight is 450 g/mol. The summed E-state index contributed by atoms with van der Waals surface area (Å²) in [6, 6.07) is 12.3. The minimum Gasteiger partial charge on any atom is -0.495 e. The summed E-state index contributed by atoms with van der Waals surface area (Å²) in [5.41, 5.74) is -0.430. The topological polar surface area (TPSA) is 73.9 Å². The van der Waals surface area contributed by atoms with Crippen molar-refractivity contribution in [2.75, 3.05) is 56.6 Å². The first-order valence-electron chi connectivity index (χ1n) is 10.2. The van der Waals surface area contributed by atoms with Crippen molar-refractivity contribution < 1.29 is 27.5 Å². The summed E-state index contributed by atoms with van der Waals surface area (Å²) in [7, 11) is 1.63. The third-order valence-corrected chi connectivity index (χ3v) is 5.20. The molecular weight excluding hydrogens is 425 g/mol. The van der Waals surface area contributed by atoms with Crippen molar-refractivity contribution in [1.29, 1.82) is 0 Å². The van der Waals surface area contributed by atoms with Crippen LogP contribution in [0.4, 0.5) is 24.5 Å². The number of hydrogen-bond donors (Lipinski definition) is 2. The maximum Gasteiger partial charge on any atom is 0.418 e. The van der Waals surface area contributed by atoms with E-state index in [-0.39, 0.29) is 6.54 Å². The van der Waals surface area contributed by atoms with Crippen LogP contribution < -0.4 is 20.3 Å². The second-order valence-corrected chi connectivity index (χ2v) is 7.25. The van der Waals surface area contributed by atoms with Crippen LogP contribution in [0.3, 0.4) is 0 Å². The van der Waals surface area contributed by atoms with Crippen LogP contribution in [0.1, 0.15) is 5.56 Å². The third-order valence-electron chi connectivity index (χ3n) is 5.20. The lowest BCUT2D eigenvalue weighted by atomic mass is 10.1. The fourth-order valence-corrected chi connectivity index (χ4v) is 3.53. The summed E-state index contributed by atoms with van der Waals surface area (Å²) in [5.74, 6) is -1.30. The number of halogens is 3. The first-order valence-corrected chi connectivity index (χ1v) is 10.2. The van der Waals surface area contributed by atoms with Crippen LogP contribution in [0.5, 0.6) is 5.75 Å². The number of anilines is 2. The van der Waals surface area contributed by atoms with E-state index in [1.165, 1.54) is 12.1 Å². The molecule has 7 nitrogen and oxygen atoms in total. The molecule has 2 aromatic rings. The number of alkyl halides is 3. The van der Waals surface area contributed by atoms with Gasteiger partial charge in [0.2, 0.25) is 0 Å². The van der Waals surface area contributed by atoms with Crippen molar-refractivity contribution in [3.8, 4) is 5.75 Å². The number of piperazine rings is 1. The van der Waals surface area contributed by atoms with Gasteiger partial charge in [-0.2, -0.15) is 13.2 Å². The van der Waals surface area contributed by atoms with E-state index in [1.807, 2.05) is 29.6 Å². The van der Waals surface area contributed by atoms with E-state index in [0.717, 1.165) is 49.7 Å². The zero-order valence-electron chi connectivity index (χ0n) is 17.6. The second-order valence-electron chi connectivity index (χ2n) is 7.25. The number of hydrogen-bond acceptors (Lipinski definition) is 5. The van der Waals surface area contributed by atoms with Gasteiger partial charge in [-0.25, -0.2) is 0 Å². The number of methoxy groups -OCH3 is 1. The van der Waals surface area contributed by atoms with Gasteiger partial charge in [-0.3, -0.25) is 14.5 Å². The number of carbonyl (C=O) groups excluding carboxylic acids is 2. The molecule has 0 aliphatic carbocycles. The Bertz CT molecular complexity index is 944. The summed E-state index contributed by atoms with van der Waals surface area (Å²) in [6.07, 6.45) is -4.63. The van der Waals surface area contributed by atoms with Crippen LogP contribution in [0, 0.1) is 0 Å². The molecule has 0 atom stereocenters. The molecule has 1 aliphatic rings. The van der Waals surface area contributed by atoms with Gasteiger partial charge in [-0.1, -0.05) is 24.3 Å². The largest absolute Gasteiger partial charge is 0.495 e. The molecule has 10 heteroatoms. The van der Waals surface area contributed by atoms with Crippen LogP contribution in [0.15, 0.2) is 48.5 Å². The molecular formula is C22H25F3N4O3. The Morgan fingerprint density at radius 3 is 2.31 bits per heavy atom. The summed E-state index contributed by atoms with van der Waals surface area (Å²) in [4.78, 5) is 28.4. The van der Waals surface area contributed by atoms with Gasteiger partial charge >= 0.3 is 18.0 Å². The molecule has 3 rings (SSSR count). The molecule has 172 valence electrons. The van der Waals surface area contributed by atoms with E-state index in [1.54, 1.807) is 7.11 Å². The zero-order valence-corrected chi connectivity index (χ0v) is 17.6. The number of ether oxygens (including phenoxy) is 1. The Labute approximate surface area is 184 Å². The fraction of sp³-hybridized carbons (Fsp3) is 0.364. The lowest BCUT2D eigenvalue weighted by Gasteiger charge is -2.36. The molecule has 1 fully saturated rings. The van der Waals surface area contributed by atoms with Crippen LogP contribution >= 0.6 is 0 Å². The monoisotopic (exact) mass is 450 g/mol. The van der Waals surface area contributed by atoms with Gasteiger partial charge in [-0.15, -0.1) is 0 Å². The number of carbonyl (C=O) groups is 2. The Hall–Kier alpha value is -3.27. The minimum absolute atomic E-state index is 0.210. The lowest BCUT2D eigenvalue weighted by molar-refractivity contribution is -0.138. The highest BCUT2D eigenvalue weighted by Crippen LogP contribution is 2.34. The number of benzene rings is 2. The number of amides is 2. The molecule has 0 spiro atoms. The minimum atomic E-state index is -4.63. The SMILES string of the molecule is COc1ccccc1N1CCN(CCNC(=O)C(=O)Nc2ccccc2C(F)(F)F)CC1. The van der Waals surface area contributed by atoms with Gasteiger partial charge in [0.25, 0.3) is 0 Å². The highest BCUT2D eigenvalue weighted by molar-refractivity contribution is 6.39. The summed E-state index contributed by atoms with van der Waals surface area (Å²) in [6.45, 7) is 3.82. The van der Waals surface area contributed by atoms with Crippen LogP contribution in [0.2, 0.25) is 0 Å². The zero-order chi connectivity index (χ0) is 23.1. The Kier molecular flexibility index (Phi) is 7.57. The van der Waals surface area contributed by atoms with E-state index in [2.05, 4.69) is 15.1 Å². The molecule has 0 radical (unpaired) electrons. The maximum absolute atomic E-state index is 13.0. The second kappa shape index (κ2) is 10.4. The van der Waals surface area contributed by atoms with Gasteiger partial charge in [-0.05, 0) is 24.3 Å². The Morgan fingerprint density at radius 1 is 0.969 bits per heavy atom. The lowest BCUT2D eigenvalue weighted by Crippen LogP contribution is -2.49. The van der Waals surface area contributed by atoms with E-state index >= 15 is 0 Å². The number of rotatable bonds is 6. The van der Waals surface area contributed by atoms with Gasteiger partial charge in [0.1, 0.15) is 5.75 Å². The molecule has 2 aromatic carbocycles. The molecule has 0 unspecified atom stereocenters. The van der Waals surface area contributed by atoms with E-state index < -0.39 is 29.2 Å². The standard InChI is InChI=1S/C22H25F3N4O3/c1-32-19-9-5-4-8-18(19)29-14-12-28(13-15-29)11-10-26-20(30)21(31)27-17-7-3-2-6-16(17)22(23,24)25/h2-9H,10-15H2,1H3,(H,26,30)(H,27,31). The van der Waals surface area contributed by atoms with Crippen molar-refractivity contribution in [2.24, 2.45) is 0 Å². The molecule has 0 bridgehead atoms. The number of nitrogens with one attached hydrogen (secondary N) is 2. The molecule has 2 amide bonds. The van der Waals surface area contributed by atoms with Crippen molar-refractivity contribution in [3.63, 3.8) is 0 Å². The fourth-order valence-electron chi connectivity index (χ4n) is 3.53. The average Bonchev–Trinajstić information content (AvgIpc) is 2.79. The quantitative estimate of drug-likeness (QED) is 0.662.